The van der Waals surface area contributed by atoms with E-state index in [9.17, 15) is 0 Å². The van der Waals surface area contributed by atoms with Crippen molar-refractivity contribution >= 4 is 11.5 Å². The van der Waals surface area contributed by atoms with Crippen LogP contribution < -0.4 is 10.2 Å². The molecule has 22 heavy (non-hydrogen) atoms. The SMILES string of the molecule is CCc1cc(N2CCCC(Nc3ccccc3)C2)nc(C)n1. The first-order chi connectivity index (χ1) is 10.7. The van der Waals surface area contributed by atoms with Crippen LogP contribution in [0, 0.1) is 6.92 Å². The Morgan fingerprint density at radius 3 is 2.82 bits per heavy atom. The third-order valence-electron chi connectivity index (χ3n) is 4.13. The van der Waals surface area contributed by atoms with Crippen LogP contribution in [-0.4, -0.2) is 29.1 Å². The molecule has 0 bridgehead atoms. The molecule has 1 atom stereocenters. The zero-order chi connectivity index (χ0) is 15.4. The van der Waals surface area contributed by atoms with Gasteiger partial charge in [-0.1, -0.05) is 25.1 Å². The second-order valence-electron chi connectivity index (χ2n) is 5.91. The molecule has 1 aliphatic rings. The smallest absolute Gasteiger partial charge is 0.132 e. The number of aromatic nitrogens is 2. The molecular formula is C18H24N4. The summed E-state index contributed by atoms with van der Waals surface area (Å²) in [6.45, 7) is 6.19. The number of nitrogens with zero attached hydrogens (tertiary/aromatic N) is 3. The highest BCUT2D eigenvalue weighted by Gasteiger charge is 2.21. The van der Waals surface area contributed by atoms with Crippen LogP contribution in [-0.2, 0) is 6.42 Å². The van der Waals surface area contributed by atoms with E-state index in [1.807, 2.05) is 13.0 Å². The van der Waals surface area contributed by atoms with Crippen LogP contribution in [0.4, 0.5) is 11.5 Å². The van der Waals surface area contributed by atoms with Crippen LogP contribution in [0.15, 0.2) is 36.4 Å². The number of hydrogen-bond donors (Lipinski definition) is 1. The molecule has 1 aromatic carbocycles. The van der Waals surface area contributed by atoms with Gasteiger partial charge in [-0.25, -0.2) is 9.97 Å². The molecule has 2 aromatic rings. The summed E-state index contributed by atoms with van der Waals surface area (Å²) in [6.07, 6.45) is 3.35. The lowest BCUT2D eigenvalue weighted by atomic mass is 10.1. The lowest BCUT2D eigenvalue weighted by Crippen LogP contribution is -2.42. The minimum Gasteiger partial charge on any atom is -0.381 e. The maximum absolute atomic E-state index is 4.63. The minimum absolute atomic E-state index is 0.469. The number of nitrogens with one attached hydrogen (secondary N) is 1. The number of para-hydroxylation sites is 1. The fourth-order valence-electron chi connectivity index (χ4n) is 3.03. The third kappa shape index (κ3) is 3.56. The lowest BCUT2D eigenvalue weighted by Gasteiger charge is -2.34. The average molecular weight is 296 g/mol. The maximum Gasteiger partial charge on any atom is 0.132 e. The van der Waals surface area contributed by atoms with E-state index in [1.54, 1.807) is 0 Å². The van der Waals surface area contributed by atoms with Gasteiger partial charge >= 0.3 is 0 Å². The molecule has 0 aliphatic carbocycles. The van der Waals surface area contributed by atoms with Gasteiger partial charge < -0.3 is 10.2 Å². The van der Waals surface area contributed by atoms with Gasteiger partial charge in [0.2, 0.25) is 0 Å². The molecule has 1 unspecified atom stereocenters. The highest BCUT2D eigenvalue weighted by molar-refractivity contribution is 5.46. The van der Waals surface area contributed by atoms with Crippen molar-refractivity contribution in [2.75, 3.05) is 23.3 Å². The van der Waals surface area contributed by atoms with Crippen molar-refractivity contribution in [2.45, 2.75) is 39.2 Å². The van der Waals surface area contributed by atoms with Crippen molar-refractivity contribution in [3.63, 3.8) is 0 Å². The summed E-state index contributed by atoms with van der Waals surface area (Å²) in [7, 11) is 0. The number of piperidine rings is 1. The summed E-state index contributed by atoms with van der Waals surface area (Å²) >= 11 is 0. The van der Waals surface area contributed by atoms with Crippen molar-refractivity contribution in [2.24, 2.45) is 0 Å². The maximum atomic E-state index is 4.63. The van der Waals surface area contributed by atoms with E-state index < -0.39 is 0 Å². The Labute approximate surface area is 132 Å². The fourth-order valence-corrected chi connectivity index (χ4v) is 3.03. The van der Waals surface area contributed by atoms with Crippen LogP contribution in [0.3, 0.4) is 0 Å². The summed E-state index contributed by atoms with van der Waals surface area (Å²) in [6, 6.07) is 13.1. The Hall–Kier alpha value is -2.10. The molecule has 1 aliphatic heterocycles. The molecule has 0 amide bonds. The first-order valence-corrected chi connectivity index (χ1v) is 8.15. The topological polar surface area (TPSA) is 41.0 Å². The standard InChI is InChI=1S/C18H24N4/c1-3-15-12-18(20-14(2)19-15)22-11-7-10-17(13-22)21-16-8-5-4-6-9-16/h4-6,8-9,12,17,21H,3,7,10-11,13H2,1-2H3. The summed E-state index contributed by atoms with van der Waals surface area (Å²) in [5.74, 6) is 1.94. The van der Waals surface area contributed by atoms with Gasteiger partial charge in [-0.3, -0.25) is 0 Å². The monoisotopic (exact) mass is 296 g/mol. The largest absolute Gasteiger partial charge is 0.381 e. The van der Waals surface area contributed by atoms with Crippen LogP contribution in [0.25, 0.3) is 0 Å². The second-order valence-corrected chi connectivity index (χ2v) is 5.91. The van der Waals surface area contributed by atoms with Gasteiger partial charge in [0.15, 0.2) is 0 Å². The molecule has 0 saturated carbocycles. The quantitative estimate of drug-likeness (QED) is 0.938. The van der Waals surface area contributed by atoms with Gasteiger partial charge in [-0.15, -0.1) is 0 Å². The van der Waals surface area contributed by atoms with Crippen molar-refractivity contribution in [3.05, 3.63) is 47.9 Å². The Morgan fingerprint density at radius 2 is 2.05 bits per heavy atom. The molecule has 0 radical (unpaired) electrons. The van der Waals surface area contributed by atoms with Gasteiger partial charge in [0, 0.05) is 36.6 Å². The van der Waals surface area contributed by atoms with Gasteiger partial charge in [0.25, 0.3) is 0 Å². The van der Waals surface area contributed by atoms with Crippen molar-refractivity contribution < 1.29 is 0 Å². The summed E-state index contributed by atoms with van der Waals surface area (Å²) in [5, 5.41) is 3.64. The number of aryl methyl sites for hydroxylation is 2. The average Bonchev–Trinajstić information content (AvgIpc) is 2.55. The zero-order valence-electron chi connectivity index (χ0n) is 13.4. The Bertz CT molecular complexity index is 612. The van der Waals surface area contributed by atoms with Crippen molar-refractivity contribution in [1.82, 2.24) is 9.97 Å². The number of anilines is 2. The molecule has 0 spiro atoms. The predicted octanol–water partition coefficient (Wildman–Crippen LogP) is 3.43. The second kappa shape index (κ2) is 6.77. The molecular weight excluding hydrogens is 272 g/mol. The third-order valence-corrected chi connectivity index (χ3v) is 4.13. The van der Waals surface area contributed by atoms with Gasteiger partial charge in [-0.05, 0) is 38.3 Å². The molecule has 3 rings (SSSR count). The summed E-state index contributed by atoms with van der Waals surface area (Å²) < 4.78 is 0. The zero-order valence-corrected chi connectivity index (χ0v) is 13.4. The van der Waals surface area contributed by atoms with Gasteiger partial charge in [0.1, 0.15) is 11.6 Å². The van der Waals surface area contributed by atoms with E-state index >= 15 is 0 Å². The highest BCUT2D eigenvalue weighted by Crippen LogP contribution is 2.21. The first-order valence-electron chi connectivity index (χ1n) is 8.15. The Morgan fingerprint density at radius 1 is 1.23 bits per heavy atom. The molecule has 1 fully saturated rings. The Balaban J connectivity index is 1.71. The van der Waals surface area contributed by atoms with Gasteiger partial charge in [-0.2, -0.15) is 0 Å². The molecule has 116 valence electrons. The van der Waals surface area contributed by atoms with Gasteiger partial charge in [0.05, 0.1) is 0 Å². The van der Waals surface area contributed by atoms with Crippen molar-refractivity contribution in [3.8, 4) is 0 Å². The fraction of sp³-hybridized carbons (Fsp3) is 0.444. The van der Waals surface area contributed by atoms with Crippen LogP contribution in [0.2, 0.25) is 0 Å². The minimum atomic E-state index is 0.469. The Kier molecular flexibility index (Phi) is 4.56. The molecule has 2 heterocycles. The molecule has 1 aromatic heterocycles. The summed E-state index contributed by atoms with van der Waals surface area (Å²) in [5.41, 5.74) is 2.32. The van der Waals surface area contributed by atoms with E-state index in [1.165, 1.54) is 18.5 Å². The highest BCUT2D eigenvalue weighted by atomic mass is 15.2. The van der Waals surface area contributed by atoms with E-state index in [4.69, 9.17) is 0 Å². The van der Waals surface area contributed by atoms with E-state index in [0.717, 1.165) is 36.8 Å². The summed E-state index contributed by atoms with van der Waals surface area (Å²) in [4.78, 5) is 11.5. The first kappa shape index (κ1) is 14.8. The number of rotatable bonds is 4. The number of hydrogen-bond acceptors (Lipinski definition) is 4. The van der Waals surface area contributed by atoms with Crippen molar-refractivity contribution in [1.29, 1.82) is 0 Å². The van der Waals surface area contributed by atoms with Crippen LogP contribution in [0.5, 0.6) is 0 Å². The lowest BCUT2D eigenvalue weighted by molar-refractivity contribution is 0.526. The van der Waals surface area contributed by atoms with Crippen LogP contribution in [0.1, 0.15) is 31.3 Å². The number of benzene rings is 1. The molecule has 4 heteroatoms. The van der Waals surface area contributed by atoms with E-state index in [-0.39, 0.29) is 0 Å². The van der Waals surface area contributed by atoms with E-state index in [2.05, 4.69) is 57.4 Å². The molecule has 1 saturated heterocycles. The molecule has 1 N–H and O–H groups in total. The predicted molar refractivity (Wildman–Crippen MR) is 91.4 cm³/mol. The van der Waals surface area contributed by atoms with Crippen LogP contribution >= 0.6 is 0 Å². The van der Waals surface area contributed by atoms with E-state index in [0.29, 0.717) is 6.04 Å². The normalized spacial score (nSPS) is 18.3. The molecule has 4 nitrogen and oxygen atoms in total.